The van der Waals surface area contributed by atoms with E-state index in [-0.39, 0.29) is 16.7 Å². The zero-order chi connectivity index (χ0) is 10.6. The number of hydrogen-bond acceptors (Lipinski definition) is 6. The molecule has 0 atom stereocenters. The summed E-state index contributed by atoms with van der Waals surface area (Å²) in [4.78, 5) is 17.8. The second kappa shape index (κ2) is 4.75. The fourth-order valence-corrected chi connectivity index (χ4v) is 1.37. The summed E-state index contributed by atoms with van der Waals surface area (Å²) in [7, 11) is 1.26. The number of aromatic nitrogens is 2. The summed E-state index contributed by atoms with van der Waals surface area (Å²) >= 11 is 0.913. The van der Waals surface area contributed by atoms with E-state index in [4.69, 9.17) is 5.73 Å². The normalized spacial score (nSPS) is 9.86. The van der Waals surface area contributed by atoms with Crippen molar-refractivity contribution >= 4 is 23.7 Å². The van der Waals surface area contributed by atoms with Gasteiger partial charge in [0.05, 0.1) is 19.1 Å². The Balaban J connectivity index is 2.66. The van der Waals surface area contributed by atoms with Gasteiger partial charge in [0.15, 0.2) is 5.82 Å². The molecule has 0 aliphatic carbocycles. The van der Waals surface area contributed by atoms with Crippen LogP contribution in [0.1, 0.15) is 0 Å². The first-order valence-electron chi connectivity index (χ1n) is 3.61. The molecule has 0 saturated carbocycles. The van der Waals surface area contributed by atoms with E-state index in [1.165, 1.54) is 7.11 Å². The van der Waals surface area contributed by atoms with E-state index in [0.717, 1.165) is 18.0 Å². The van der Waals surface area contributed by atoms with Gasteiger partial charge in [-0.15, -0.1) is 0 Å². The highest BCUT2D eigenvalue weighted by Crippen LogP contribution is 2.18. The minimum absolute atomic E-state index is 0.0100. The van der Waals surface area contributed by atoms with Gasteiger partial charge in [0.1, 0.15) is 5.03 Å². The highest BCUT2D eigenvalue weighted by atomic mass is 32.2. The van der Waals surface area contributed by atoms with Crippen LogP contribution in [0.5, 0.6) is 0 Å². The molecule has 1 heterocycles. The zero-order valence-corrected chi connectivity index (χ0v) is 8.18. The number of anilines is 1. The Hall–Kier alpha value is -1.37. The van der Waals surface area contributed by atoms with Crippen LogP contribution in [0.15, 0.2) is 11.2 Å². The number of ether oxygens (including phenoxy) is 1. The molecule has 0 unspecified atom stereocenters. The maximum Gasteiger partial charge on any atom is 0.316 e. The molecule has 0 bridgehead atoms. The lowest BCUT2D eigenvalue weighted by Crippen LogP contribution is -2.05. The summed E-state index contributed by atoms with van der Waals surface area (Å²) in [5, 5.41) is 0.0444. The van der Waals surface area contributed by atoms with Gasteiger partial charge in [-0.05, 0) is 0 Å². The average Bonchev–Trinajstić information content (AvgIpc) is 2.19. The molecular formula is C7H8FN3O2S. The summed E-state index contributed by atoms with van der Waals surface area (Å²) in [5.74, 6) is -1.09. The second-order valence-electron chi connectivity index (χ2n) is 2.25. The molecule has 14 heavy (non-hydrogen) atoms. The van der Waals surface area contributed by atoms with Crippen molar-refractivity contribution in [1.82, 2.24) is 9.97 Å². The zero-order valence-electron chi connectivity index (χ0n) is 7.36. The molecule has 1 aromatic rings. The third-order valence-corrected chi connectivity index (χ3v) is 2.22. The molecule has 0 amide bonds. The van der Waals surface area contributed by atoms with Crippen molar-refractivity contribution in [3.63, 3.8) is 0 Å². The first-order chi connectivity index (χ1) is 6.63. The van der Waals surface area contributed by atoms with Gasteiger partial charge in [-0.1, -0.05) is 11.8 Å². The first kappa shape index (κ1) is 10.7. The van der Waals surface area contributed by atoms with Crippen LogP contribution in [0, 0.1) is 5.82 Å². The smallest absolute Gasteiger partial charge is 0.316 e. The minimum Gasteiger partial charge on any atom is -0.468 e. The molecule has 2 N–H and O–H groups in total. The van der Waals surface area contributed by atoms with E-state index in [1.807, 2.05) is 0 Å². The third-order valence-electron chi connectivity index (χ3n) is 1.28. The van der Waals surface area contributed by atoms with Gasteiger partial charge in [-0.2, -0.15) is 0 Å². The summed E-state index contributed by atoms with van der Waals surface area (Å²) in [6.07, 6.45) is 0.960. The van der Waals surface area contributed by atoms with Gasteiger partial charge in [0.25, 0.3) is 0 Å². The van der Waals surface area contributed by atoms with Crippen LogP contribution in [0.25, 0.3) is 0 Å². The second-order valence-corrected chi connectivity index (χ2v) is 3.21. The molecule has 0 radical (unpaired) electrons. The predicted molar refractivity (Wildman–Crippen MR) is 49.1 cm³/mol. The molecule has 5 nitrogen and oxygen atoms in total. The minimum atomic E-state index is -0.604. The maximum atomic E-state index is 13.0. The number of nitrogens with two attached hydrogens (primary N) is 1. The van der Waals surface area contributed by atoms with E-state index < -0.39 is 11.8 Å². The highest BCUT2D eigenvalue weighted by molar-refractivity contribution is 7.99. The fourth-order valence-electron chi connectivity index (χ4n) is 0.652. The van der Waals surface area contributed by atoms with Crippen molar-refractivity contribution in [2.24, 2.45) is 0 Å². The number of halogens is 1. The largest absolute Gasteiger partial charge is 0.468 e. The van der Waals surface area contributed by atoms with Crippen molar-refractivity contribution in [1.29, 1.82) is 0 Å². The van der Waals surface area contributed by atoms with Gasteiger partial charge in [0, 0.05) is 0 Å². The lowest BCUT2D eigenvalue weighted by molar-refractivity contribution is -0.137. The SMILES string of the molecule is COC(=O)CSc1nc(N)ncc1F. The monoisotopic (exact) mass is 217 g/mol. The van der Waals surface area contributed by atoms with E-state index in [1.54, 1.807) is 0 Å². The summed E-state index contributed by atoms with van der Waals surface area (Å²) in [6.45, 7) is 0. The van der Waals surface area contributed by atoms with Crippen LogP contribution >= 0.6 is 11.8 Å². The van der Waals surface area contributed by atoms with Crippen LogP contribution in [0.4, 0.5) is 10.3 Å². The van der Waals surface area contributed by atoms with E-state index in [9.17, 15) is 9.18 Å². The molecule has 0 aliphatic heterocycles. The maximum absolute atomic E-state index is 13.0. The number of methoxy groups -OCH3 is 1. The number of nitrogens with zero attached hydrogens (tertiary/aromatic N) is 2. The Morgan fingerprint density at radius 3 is 3.14 bits per heavy atom. The molecule has 0 fully saturated rings. The summed E-state index contributed by atoms with van der Waals surface area (Å²) in [5.41, 5.74) is 5.25. The summed E-state index contributed by atoms with van der Waals surface area (Å²) < 4.78 is 17.4. The first-order valence-corrected chi connectivity index (χ1v) is 4.59. The number of rotatable bonds is 3. The number of esters is 1. The van der Waals surface area contributed by atoms with Gasteiger partial charge < -0.3 is 10.5 Å². The van der Waals surface area contributed by atoms with E-state index in [2.05, 4.69) is 14.7 Å². The third kappa shape index (κ3) is 2.84. The van der Waals surface area contributed by atoms with Crippen molar-refractivity contribution in [2.45, 2.75) is 5.03 Å². The van der Waals surface area contributed by atoms with Crippen LogP contribution in [0.2, 0.25) is 0 Å². The van der Waals surface area contributed by atoms with E-state index >= 15 is 0 Å². The highest BCUT2D eigenvalue weighted by Gasteiger charge is 2.09. The number of thioether (sulfide) groups is 1. The standard InChI is InChI=1S/C7H8FN3O2S/c1-13-5(12)3-14-6-4(8)2-10-7(9)11-6/h2H,3H2,1H3,(H2,9,10,11). The van der Waals surface area contributed by atoms with Crippen LogP contribution in [-0.4, -0.2) is 28.8 Å². The average molecular weight is 217 g/mol. The topological polar surface area (TPSA) is 78.1 Å². The molecule has 76 valence electrons. The van der Waals surface area contributed by atoms with Crippen molar-refractivity contribution < 1.29 is 13.9 Å². The molecule has 0 saturated heterocycles. The molecule has 1 aromatic heterocycles. The van der Waals surface area contributed by atoms with Gasteiger partial charge in [-0.3, -0.25) is 4.79 Å². The van der Waals surface area contributed by atoms with Crippen LogP contribution < -0.4 is 5.73 Å². The van der Waals surface area contributed by atoms with Crippen LogP contribution in [0.3, 0.4) is 0 Å². The van der Waals surface area contributed by atoms with Gasteiger partial charge in [0.2, 0.25) is 5.95 Å². The lowest BCUT2D eigenvalue weighted by atomic mass is 10.6. The Morgan fingerprint density at radius 2 is 2.50 bits per heavy atom. The molecule has 1 rings (SSSR count). The predicted octanol–water partition coefficient (Wildman–Crippen LogP) is 0.463. The molecule has 0 spiro atoms. The Labute approximate surface area is 83.9 Å². The number of carbonyl (C=O) groups excluding carboxylic acids is 1. The summed E-state index contributed by atoms with van der Waals surface area (Å²) in [6, 6.07) is 0. The fraction of sp³-hybridized carbons (Fsp3) is 0.286. The molecule has 0 aliphatic rings. The van der Waals surface area contributed by atoms with Gasteiger partial charge >= 0.3 is 5.97 Å². The number of hydrogen-bond donors (Lipinski definition) is 1. The van der Waals surface area contributed by atoms with E-state index in [0.29, 0.717) is 0 Å². The number of carbonyl (C=O) groups is 1. The Bertz CT molecular complexity index is 348. The van der Waals surface area contributed by atoms with Gasteiger partial charge in [-0.25, -0.2) is 14.4 Å². The Kier molecular flexibility index (Phi) is 3.63. The van der Waals surface area contributed by atoms with Crippen LogP contribution in [-0.2, 0) is 9.53 Å². The molecule has 7 heteroatoms. The number of nitrogen functional groups attached to an aromatic ring is 1. The quantitative estimate of drug-likeness (QED) is 0.450. The van der Waals surface area contributed by atoms with Crippen molar-refractivity contribution in [3.8, 4) is 0 Å². The molecule has 0 aromatic carbocycles. The lowest BCUT2D eigenvalue weighted by Gasteiger charge is -2.01. The van der Waals surface area contributed by atoms with Crippen molar-refractivity contribution in [2.75, 3.05) is 18.6 Å². The Morgan fingerprint density at radius 1 is 1.79 bits per heavy atom. The molecular weight excluding hydrogens is 209 g/mol. The van der Waals surface area contributed by atoms with Crippen molar-refractivity contribution in [3.05, 3.63) is 12.0 Å².